The Kier molecular flexibility index (Phi) is 3.16. The van der Waals surface area contributed by atoms with Gasteiger partial charge in [0, 0.05) is 24.8 Å². The average molecular weight is 194 g/mol. The second-order valence-electron chi connectivity index (χ2n) is 3.86. The third kappa shape index (κ3) is 2.33. The van der Waals surface area contributed by atoms with Gasteiger partial charge < -0.3 is 10.6 Å². The number of rotatable bonds is 4. The van der Waals surface area contributed by atoms with Crippen molar-refractivity contribution >= 4 is 0 Å². The van der Waals surface area contributed by atoms with Crippen molar-refractivity contribution < 1.29 is 0 Å². The first kappa shape index (κ1) is 9.68. The second kappa shape index (κ2) is 4.57. The zero-order valence-electron chi connectivity index (χ0n) is 8.52. The molecule has 1 aliphatic rings. The van der Waals surface area contributed by atoms with Crippen LogP contribution in [0.15, 0.2) is 12.4 Å². The van der Waals surface area contributed by atoms with Crippen LogP contribution in [-0.2, 0) is 13.1 Å². The zero-order chi connectivity index (χ0) is 9.80. The molecule has 1 aromatic heterocycles. The van der Waals surface area contributed by atoms with Crippen LogP contribution in [0.3, 0.4) is 0 Å². The van der Waals surface area contributed by atoms with E-state index in [4.69, 9.17) is 5.73 Å². The predicted molar refractivity (Wildman–Crippen MR) is 55.8 cm³/mol. The predicted octanol–water partition coefficient (Wildman–Crippen LogP) is 0.438. The van der Waals surface area contributed by atoms with Gasteiger partial charge >= 0.3 is 0 Å². The molecule has 0 unspecified atom stereocenters. The van der Waals surface area contributed by atoms with E-state index in [9.17, 15) is 0 Å². The maximum atomic E-state index is 5.52. The highest BCUT2D eigenvalue weighted by Crippen LogP contribution is 2.06. The Hall–Kier alpha value is -0.870. The summed E-state index contributed by atoms with van der Waals surface area (Å²) in [5.41, 5.74) is 6.63. The monoisotopic (exact) mass is 194 g/mol. The number of nitrogens with zero attached hydrogens (tertiary/aromatic N) is 3. The summed E-state index contributed by atoms with van der Waals surface area (Å²) in [4.78, 5) is 2.49. The van der Waals surface area contributed by atoms with Crippen LogP contribution in [0.25, 0.3) is 0 Å². The van der Waals surface area contributed by atoms with Gasteiger partial charge in [-0.05, 0) is 25.9 Å². The molecule has 0 radical (unpaired) electrons. The van der Waals surface area contributed by atoms with Gasteiger partial charge in [-0.3, -0.25) is 4.68 Å². The molecule has 0 saturated carbocycles. The van der Waals surface area contributed by atoms with E-state index >= 15 is 0 Å². The Morgan fingerprint density at radius 3 is 2.71 bits per heavy atom. The Morgan fingerprint density at radius 1 is 1.29 bits per heavy atom. The van der Waals surface area contributed by atoms with Crippen molar-refractivity contribution in [1.82, 2.24) is 14.7 Å². The smallest absolute Gasteiger partial charge is 0.0536 e. The number of hydrogen-bond donors (Lipinski definition) is 1. The molecular formula is C10H18N4. The van der Waals surface area contributed by atoms with Crippen LogP contribution in [0.1, 0.15) is 18.4 Å². The number of nitrogens with two attached hydrogens (primary N) is 1. The maximum absolute atomic E-state index is 5.52. The van der Waals surface area contributed by atoms with E-state index in [1.807, 2.05) is 17.1 Å². The molecule has 1 fully saturated rings. The third-order valence-corrected chi connectivity index (χ3v) is 2.77. The van der Waals surface area contributed by atoms with Crippen molar-refractivity contribution in [2.24, 2.45) is 5.73 Å². The summed E-state index contributed by atoms with van der Waals surface area (Å²) in [6, 6.07) is 0. The number of likely N-dealkylation sites (tertiary alicyclic amines) is 1. The number of aromatic nitrogens is 2. The highest BCUT2D eigenvalue weighted by Gasteiger charge is 2.10. The standard InChI is InChI=1S/C10H18N4/c11-7-10-8-12-14(9-10)6-5-13-3-1-2-4-13/h8-9H,1-7,11H2. The minimum atomic E-state index is 0.587. The SMILES string of the molecule is NCc1cnn(CCN2CCCC2)c1. The molecule has 0 bridgehead atoms. The van der Waals surface area contributed by atoms with Crippen molar-refractivity contribution in [2.75, 3.05) is 19.6 Å². The van der Waals surface area contributed by atoms with E-state index in [0.717, 1.165) is 18.7 Å². The van der Waals surface area contributed by atoms with Gasteiger partial charge in [0.1, 0.15) is 0 Å². The van der Waals surface area contributed by atoms with Crippen LogP contribution >= 0.6 is 0 Å². The van der Waals surface area contributed by atoms with Crippen molar-refractivity contribution in [3.63, 3.8) is 0 Å². The zero-order valence-corrected chi connectivity index (χ0v) is 8.52. The molecule has 4 nitrogen and oxygen atoms in total. The van der Waals surface area contributed by atoms with Crippen LogP contribution in [0.4, 0.5) is 0 Å². The lowest BCUT2D eigenvalue weighted by molar-refractivity contribution is 0.315. The van der Waals surface area contributed by atoms with E-state index in [-0.39, 0.29) is 0 Å². The third-order valence-electron chi connectivity index (χ3n) is 2.77. The molecule has 0 aromatic carbocycles. The van der Waals surface area contributed by atoms with Gasteiger partial charge in [0.25, 0.3) is 0 Å². The Labute approximate surface area is 84.7 Å². The molecule has 14 heavy (non-hydrogen) atoms. The summed E-state index contributed by atoms with van der Waals surface area (Å²) in [5.74, 6) is 0. The summed E-state index contributed by atoms with van der Waals surface area (Å²) in [6.45, 7) is 5.20. The molecule has 0 spiro atoms. The average Bonchev–Trinajstić information content (AvgIpc) is 2.86. The van der Waals surface area contributed by atoms with Gasteiger partial charge in [0.2, 0.25) is 0 Å². The molecule has 0 aliphatic carbocycles. The summed E-state index contributed by atoms with van der Waals surface area (Å²) >= 11 is 0. The Bertz CT molecular complexity index is 275. The Morgan fingerprint density at radius 2 is 2.07 bits per heavy atom. The van der Waals surface area contributed by atoms with Crippen LogP contribution in [-0.4, -0.2) is 34.3 Å². The molecule has 4 heteroatoms. The lowest BCUT2D eigenvalue weighted by Crippen LogP contribution is -2.24. The maximum Gasteiger partial charge on any atom is 0.0536 e. The minimum absolute atomic E-state index is 0.587. The van der Waals surface area contributed by atoms with Crippen LogP contribution in [0.5, 0.6) is 0 Å². The first-order valence-corrected chi connectivity index (χ1v) is 5.32. The van der Waals surface area contributed by atoms with Gasteiger partial charge in [-0.15, -0.1) is 0 Å². The summed E-state index contributed by atoms with van der Waals surface area (Å²) in [7, 11) is 0. The van der Waals surface area contributed by atoms with Crippen LogP contribution in [0.2, 0.25) is 0 Å². The lowest BCUT2D eigenvalue weighted by Gasteiger charge is -2.13. The van der Waals surface area contributed by atoms with E-state index < -0.39 is 0 Å². The molecule has 2 heterocycles. The summed E-state index contributed by atoms with van der Waals surface area (Å²) < 4.78 is 1.99. The fourth-order valence-corrected chi connectivity index (χ4v) is 1.88. The van der Waals surface area contributed by atoms with Gasteiger partial charge in [0.15, 0.2) is 0 Å². The minimum Gasteiger partial charge on any atom is -0.326 e. The fraction of sp³-hybridized carbons (Fsp3) is 0.700. The second-order valence-corrected chi connectivity index (χ2v) is 3.86. The van der Waals surface area contributed by atoms with Crippen LogP contribution < -0.4 is 5.73 Å². The topological polar surface area (TPSA) is 47.1 Å². The first-order valence-electron chi connectivity index (χ1n) is 5.32. The quantitative estimate of drug-likeness (QED) is 0.756. The van der Waals surface area contributed by atoms with Crippen molar-refractivity contribution in [3.8, 4) is 0 Å². The number of hydrogen-bond acceptors (Lipinski definition) is 3. The fourth-order valence-electron chi connectivity index (χ4n) is 1.88. The van der Waals surface area contributed by atoms with Gasteiger partial charge in [-0.1, -0.05) is 0 Å². The van der Waals surface area contributed by atoms with Crippen LogP contribution in [0, 0.1) is 0 Å². The van der Waals surface area contributed by atoms with Gasteiger partial charge in [-0.25, -0.2) is 0 Å². The molecule has 1 aromatic rings. The Balaban J connectivity index is 1.79. The summed E-state index contributed by atoms with van der Waals surface area (Å²) in [5, 5.41) is 4.26. The molecule has 78 valence electrons. The normalized spacial score (nSPS) is 17.8. The molecule has 0 amide bonds. The van der Waals surface area contributed by atoms with E-state index in [1.54, 1.807) is 0 Å². The molecule has 0 atom stereocenters. The van der Waals surface area contributed by atoms with E-state index in [0.29, 0.717) is 6.54 Å². The summed E-state index contributed by atoms with van der Waals surface area (Å²) in [6.07, 6.45) is 6.60. The molecular weight excluding hydrogens is 176 g/mol. The van der Waals surface area contributed by atoms with E-state index in [1.165, 1.54) is 25.9 Å². The van der Waals surface area contributed by atoms with Crippen molar-refractivity contribution in [2.45, 2.75) is 25.9 Å². The first-order chi connectivity index (χ1) is 6.88. The van der Waals surface area contributed by atoms with Gasteiger partial charge in [0.05, 0.1) is 12.7 Å². The molecule has 1 aliphatic heterocycles. The van der Waals surface area contributed by atoms with Gasteiger partial charge in [-0.2, -0.15) is 5.10 Å². The van der Waals surface area contributed by atoms with E-state index in [2.05, 4.69) is 10.00 Å². The highest BCUT2D eigenvalue weighted by molar-refractivity contribution is 5.02. The molecule has 1 saturated heterocycles. The highest BCUT2D eigenvalue weighted by atomic mass is 15.3. The largest absolute Gasteiger partial charge is 0.326 e. The molecule has 2 N–H and O–H groups in total. The lowest BCUT2D eigenvalue weighted by atomic mass is 10.4. The van der Waals surface area contributed by atoms with Crippen molar-refractivity contribution in [1.29, 1.82) is 0 Å². The molecule has 2 rings (SSSR count). The van der Waals surface area contributed by atoms with Crippen molar-refractivity contribution in [3.05, 3.63) is 18.0 Å².